The van der Waals surface area contributed by atoms with Crippen LogP contribution in [-0.4, -0.2) is 49.6 Å². The number of hydrogen-bond acceptors (Lipinski definition) is 5. The Morgan fingerprint density at radius 1 is 1.17 bits per heavy atom. The number of methoxy groups -OCH3 is 1. The van der Waals surface area contributed by atoms with E-state index >= 15 is 0 Å². The first kappa shape index (κ1) is 19.0. The molecule has 0 N–H and O–H groups in total. The third-order valence-corrected chi connectivity index (χ3v) is 2.90. The molecule has 1 unspecified atom stereocenters. The average molecular weight is 323 g/mol. The Labute approximate surface area is 137 Å². The molecule has 6 nitrogen and oxygen atoms in total. The van der Waals surface area contributed by atoms with Crippen molar-refractivity contribution in [2.75, 3.05) is 20.9 Å². The molecule has 0 aromatic heterocycles. The summed E-state index contributed by atoms with van der Waals surface area (Å²) in [6, 6.07) is 9.47. The van der Waals surface area contributed by atoms with Gasteiger partial charge in [-0.05, 0) is 26.3 Å². The molecular weight excluding hydrogens is 298 g/mol. The number of carbonyl (C=O) groups excluding carboxylic acids is 2. The van der Waals surface area contributed by atoms with Crippen LogP contribution in [0.5, 0.6) is 0 Å². The molecule has 0 heterocycles. The summed E-state index contributed by atoms with van der Waals surface area (Å²) in [6.45, 7) is 5.28. The van der Waals surface area contributed by atoms with Crippen LogP contribution in [0.4, 0.5) is 4.79 Å². The molecule has 0 bridgehead atoms. The number of amides is 1. The molecule has 0 aliphatic heterocycles. The van der Waals surface area contributed by atoms with E-state index in [1.54, 1.807) is 27.8 Å². The van der Waals surface area contributed by atoms with Crippen molar-refractivity contribution in [2.45, 2.75) is 38.9 Å². The van der Waals surface area contributed by atoms with Crippen LogP contribution in [0.15, 0.2) is 30.3 Å². The highest BCUT2D eigenvalue weighted by Gasteiger charge is 2.24. The zero-order valence-electron chi connectivity index (χ0n) is 14.4. The van der Waals surface area contributed by atoms with Crippen LogP contribution in [0.25, 0.3) is 0 Å². The number of ether oxygens (including phenoxy) is 3. The molecule has 1 amide bonds. The molecule has 0 radical (unpaired) electrons. The molecule has 0 aliphatic rings. The van der Waals surface area contributed by atoms with Crippen molar-refractivity contribution in [3.63, 3.8) is 0 Å². The van der Waals surface area contributed by atoms with Crippen LogP contribution in [0.3, 0.4) is 0 Å². The molecule has 0 aliphatic carbocycles. The van der Waals surface area contributed by atoms with Gasteiger partial charge < -0.3 is 14.2 Å². The van der Waals surface area contributed by atoms with E-state index in [2.05, 4.69) is 0 Å². The Balaban J connectivity index is 2.61. The van der Waals surface area contributed by atoms with Crippen LogP contribution >= 0.6 is 0 Å². The summed E-state index contributed by atoms with van der Waals surface area (Å²) in [5.74, 6) is -0.480. The summed E-state index contributed by atoms with van der Waals surface area (Å²) in [5.41, 5.74) is 0.361. The van der Waals surface area contributed by atoms with Gasteiger partial charge in [0.1, 0.15) is 12.3 Å². The number of benzene rings is 1. The summed E-state index contributed by atoms with van der Waals surface area (Å²) < 4.78 is 15.5. The zero-order valence-corrected chi connectivity index (χ0v) is 14.4. The molecule has 1 aromatic rings. The van der Waals surface area contributed by atoms with Gasteiger partial charge in [-0.3, -0.25) is 4.90 Å². The average Bonchev–Trinajstić information content (AvgIpc) is 2.49. The smallest absolute Gasteiger partial charge is 0.411 e. The van der Waals surface area contributed by atoms with E-state index in [4.69, 9.17) is 14.2 Å². The molecule has 128 valence electrons. The minimum atomic E-state index is -0.785. The molecule has 1 atom stereocenters. The maximum atomic E-state index is 11.9. The number of rotatable bonds is 6. The number of carbonyl (C=O) groups is 2. The van der Waals surface area contributed by atoms with E-state index in [-0.39, 0.29) is 6.73 Å². The fraction of sp³-hybridized carbons (Fsp3) is 0.529. The van der Waals surface area contributed by atoms with Gasteiger partial charge in [0.2, 0.25) is 0 Å². The lowest BCUT2D eigenvalue weighted by Crippen LogP contribution is -2.38. The Morgan fingerprint density at radius 2 is 1.78 bits per heavy atom. The van der Waals surface area contributed by atoms with Gasteiger partial charge in [0.25, 0.3) is 0 Å². The van der Waals surface area contributed by atoms with Gasteiger partial charge in [-0.2, -0.15) is 0 Å². The van der Waals surface area contributed by atoms with Crippen molar-refractivity contribution in [2.24, 2.45) is 0 Å². The lowest BCUT2D eigenvalue weighted by Gasteiger charge is -2.25. The molecule has 0 saturated carbocycles. The maximum Gasteiger partial charge on any atom is 0.411 e. The Bertz CT molecular complexity index is 509. The predicted octanol–water partition coefficient (Wildman–Crippen LogP) is 2.61. The summed E-state index contributed by atoms with van der Waals surface area (Å²) in [6.07, 6.45) is -0.927. The zero-order chi connectivity index (χ0) is 17.5. The van der Waals surface area contributed by atoms with E-state index in [0.717, 1.165) is 5.56 Å². The Morgan fingerprint density at radius 3 is 2.30 bits per heavy atom. The van der Waals surface area contributed by atoms with E-state index in [0.29, 0.717) is 6.42 Å². The highest BCUT2D eigenvalue weighted by Crippen LogP contribution is 2.11. The molecule has 0 fully saturated rings. The van der Waals surface area contributed by atoms with Gasteiger partial charge in [-0.15, -0.1) is 0 Å². The summed E-state index contributed by atoms with van der Waals surface area (Å²) >= 11 is 0. The van der Waals surface area contributed by atoms with Gasteiger partial charge in [0, 0.05) is 13.5 Å². The van der Waals surface area contributed by atoms with Crippen LogP contribution in [0.2, 0.25) is 0 Å². The lowest BCUT2D eigenvalue weighted by molar-refractivity contribution is -0.156. The Kier molecular flexibility index (Phi) is 7.03. The van der Waals surface area contributed by atoms with Crippen molar-refractivity contribution in [1.82, 2.24) is 4.90 Å². The second-order valence-electron chi connectivity index (χ2n) is 6.18. The highest BCUT2D eigenvalue weighted by molar-refractivity contribution is 5.75. The van der Waals surface area contributed by atoms with E-state index in [9.17, 15) is 9.59 Å². The van der Waals surface area contributed by atoms with Crippen molar-refractivity contribution < 1.29 is 23.8 Å². The van der Waals surface area contributed by atoms with Crippen molar-refractivity contribution in [3.05, 3.63) is 35.9 Å². The Hall–Kier alpha value is -2.08. The van der Waals surface area contributed by atoms with Gasteiger partial charge >= 0.3 is 12.1 Å². The first-order valence-corrected chi connectivity index (χ1v) is 7.40. The largest absolute Gasteiger partial charge is 0.467 e. The van der Waals surface area contributed by atoms with Gasteiger partial charge in [0.15, 0.2) is 6.10 Å². The summed E-state index contributed by atoms with van der Waals surface area (Å²) in [4.78, 5) is 25.0. The van der Waals surface area contributed by atoms with E-state index in [1.807, 2.05) is 30.3 Å². The van der Waals surface area contributed by atoms with E-state index in [1.165, 1.54) is 12.0 Å². The molecule has 0 saturated heterocycles. The summed E-state index contributed by atoms with van der Waals surface area (Å²) in [5, 5.41) is 0. The van der Waals surface area contributed by atoms with Crippen LogP contribution in [-0.2, 0) is 25.4 Å². The third kappa shape index (κ3) is 7.15. The molecule has 23 heavy (non-hydrogen) atoms. The quantitative estimate of drug-likeness (QED) is 0.595. The van der Waals surface area contributed by atoms with Crippen molar-refractivity contribution in [3.8, 4) is 0 Å². The van der Waals surface area contributed by atoms with Crippen molar-refractivity contribution >= 4 is 12.1 Å². The van der Waals surface area contributed by atoms with Gasteiger partial charge in [-0.25, -0.2) is 9.59 Å². The monoisotopic (exact) mass is 323 g/mol. The number of hydrogen-bond donors (Lipinski definition) is 0. The molecule has 0 spiro atoms. The first-order valence-electron chi connectivity index (χ1n) is 7.40. The van der Waals surface area contributed by atoms with Crippen molar-refractivity contribution in [1.29, 1.82) is 0 Å². The molecule has 6 heteroatoms. The SMILES string of the molecule is COC(=O)C(Cc1ccccc1)OCN(C)C(=O)OC(C)(C)C. The van der Waals surface area contributed by atoms with Crippen LogP contribution in [0, 0.1) is 0 Å². The van der Waals surface area contributed by atoms with Gasteiger partial charge in [0.05, 0.1) is 7.11 Å². The molecule has 1 aromatic carbocycles. The second kappa shape index (κ2) is 8.53. The molecule has 1 rings (SSSR count). The lowest BCUT2D eigenvalue weighted by atomic mass is 10.1. The highest BCUT2D eigenvalue weighted by atomic mass is 16.6. The maximum absolute atomic E-state index is 11.9. The first-order chi connectivity index (χ1) is 10.7. The minimum absolute atomic E-state index is 0.0679. The summed E-state index contributed by atoms with van der Waals surface area (Å²) in [7, 11) is 2.85. The van der Waals surface area contributed by atoms with Crippen LogP contribution < -0.4 is 0 Å². The third-order valence-electron chi connectivity index (χ3n) is 2.90. The fourth-order valence-corrected chi connectivity index (χ4v) is 1.76. The molecular formula is C17H25NO5. The number of nitrogens with zero attached hydrogens (tertiary/aromatic N) is 1. The standard InChI is InChI=1S/C17H25NO5/c1-17(2,3)23-16(20)18(4)12-22-14(15(19)21-5)11-13-9-7-6-8-10-13/h6-10,14H,11-12H2,1-5H3. The fourth-order valence-electron chi connectivity index (χ4n) is 1.76. The van der Waals surface area contributed by atoms with Gasteiger partial charge in [-0.1, -0.05) is 30.3 Å². The van der Waals surface area contributed by atoms with E-state index < -0.39 is 23.8 Å². The number of esters is 1. The van der Waals surface area contributed by atoms with Crippen LogP contribution in [0.1, 0.15) is 26.3 Å². The predicted molar refractivity (Wildman–Crippen MR) is 85.9 cm³/mol. The second-order valence-corrected chi connectivity index (χ2v) is 6.18. The topological polar surface area (TPSA) is 65.1 Å². The normalized spacial score (nSPS) is 12.4. The minimum Gasteiger partial charge on any atom is -0.467 e.